The zero-order valence-electron chi connectivity index (χ0n) is 15.2. The summed E-state index contributed by atoms with van der Waals surface area (Å²) in [6, 6.07) is 15.7. The number of hydrogen-bond donors (Lipinski definition) is 1. The number of benzene rings is 2. The van der Waals surface area contributed by atoms with E-state index in [1.165, 1.54) is 11.1 Å². The average molecular weight is 338 g/mol. The maximum atomic E-state index is 12.4. The molecular weight excluding hydrogens is 312 g/mol. The summed E-state index contributed by atoms with van der Waals surface area (Å²) in [7, 11) is 0. The van der Waals surface area contributed by atoms with Gasteiger partial charge in [-0.1, -0.05) is 48.5 Å². The number of ether oxygens (including phenoxy) is 1. The molecule has 2 aromatic rings. The quantitative estimate of drug-likeness (QED) is 0.866. The molecule has 0 saturated heterocycles. The van der Waals surface area contributed by atoms with Gasteiger partial charge >= 0.3 is 5.97 Å². The first-order chi connectivity index (χ1) is 11.8. The molecule has 0 spiro atoms. The van der Waals surface area contributed by atoms with E-state index >= 15 is 0 Å². The summed E-state index contributed by atoms with van der Waals surface area (Å²) in [5.74, 6) is -0.373. The molecule has 0 saturated carbocycles. The fourth-order valence-corrected chi connectivity index (χ4v) is 3.25. The Labute approximate surface area is 149 Å². The molecule has 0 bridgehead atoms. The van der Waals surface area contributed by atoms with Crippen molar-refractivity contribution in [2.75, 3.05) is 0 Å². The smallest absolute Gasteiger partial charge is 0.328 e. The van der Waals surface area contributed by atoms with Crippen LogP contribution in [0.1, 0.15) is 49.1 Å². The molecule has 4 nitrogen and oxygen atoms in total. The van der Waals surface area contributed by atoms with Crippen LogP contribution < -0.4 is 5.73 Å². The summed E-state index contributed by atoms with van der Waals surface area (Å²) >= 11 is 0. The monoisotopic (exact) mass is 338 g/mol. The highest BCUT2D eigenvalue weighted by molar-refractivity contribution is 5.78. The van der Waals surface area contributed by atoms with Crippen molar-refractivity contribution in [1.29, 1.82) is 0 Å². The second kappa shape index (κ2) is 6.98. The van der Waals surface area contributed by atoms with Gasteiger partial charge in [-0.2, -0.15) is 0 Å². The van der Waals surface area contributed by atoms with E-state index < -0.39 is 11.6 Å². The SMILES string of the molecule is CC(C)(C)OC(=O)C(N)c1cccc2c1CN(Cc1ccccc1)C2. The molecule has 2 N–H and O–H groups in total. The van der Waals surface area contributed by atoms with Gasteiger partial charge in [0.05, 0.1) is 0 Å². The molecule has 0 amide bonds. The van der Waals surface area contributed by atoms with Crippen LogP contribution >= 0.6 is 0 Å². The molecule has 1 aliphatic heterocycles. The fraction of sp³-hybridized carbons (Fsp3) is 0.381. The molecule has 1 aliphatic rings. The lowest BCUT2D eigenvalue weighted by Crippen LogP contribution is -2.32. The van der Waals surface area contributed by atoms with Gasteiger partial charge in [-0.05, 0) is 43.0 Å². The number of hydrogen-bond acceptors (Lipinski definition) is 4. The maximum absolute atomic E-state index is 12.4. The first-order valence-corrected chi connectivity index (χ1v) is 8.69. The molecule has 25 heavy (non-hydrogen) atoms. The summed E-state index contributed by atoms with van der Waals surface area (Å²) in [4.78, 5) is 14.7. The number of rotatable bonds is 4. The lowest BCUT2D eigenvalue weighted by atomic mass is 9.98. The first kappa shape index (κ1) is 17.6. The van der Waals surface area contributed by atoms with E-state index in [4.69, 9.17) is 10.5 Å². The fourth-order valence-electron chi connectivity index (χ4n) is 3.25. The number of carbonyl (C=O) groups excluding carboxylic acids is 1. The Kier molecular flexibility index (Phi) is 4.93. The molecule has 3 rings (SSSR count). The maximum Gasteiger partial charge on any atom is 0.328 e. The van der Waals surface area contributed by atoms with Crippen molar-refractivity contribution in [3.8, 4) is 0 Å². The molecule has 0 fully saturated rings. The summed E-state index contributed by atoms with van der Waals surface area (Å²) in [5, 5.41) is 0. The van der Waals surface area contributed by atoms with Gasteiger partial charge in [0.1, 0.15) is 11.6 Å². The van der Waals surface area contributed by atoms with Gasteiger partial charge in [0.15, 0.2) is 0 Å². The molecule has 0 aliphatic carbocycles. The minimum absolute atomic E-state index is 0.373. The van der Waals surface area contributed by atoms with Crippen molar-refractivity contribution < 1.29 is 9.53 Å². The van der Waals surface area contributed by atoms with Crippen LogP contribution in [0.25, 0.3) is 0 Å². The van der Waals surface area contributed by atoms with Gasteiger partial charge in [-0.25, -0.2) is 4.79 Å². The minimum atomic E-state index is -0.745. The molecule has 1 heterocycles. The van der Waals surface area contributed by atoms with Crippen molar-refractivity contribution >= 4 is 5.97 Å². The van der Waals surface area contributed by atoms with Crippen molar-refractivity contribution in [2.45, 2.75) is 52.0 Å². The van der Waals surface area contributed by atoms with Crippen LogP contribution in [0.15, 0.2) is 48.5 Å². The van der Waals surface area contributed by atoms with Crippen LogP contribution in [0.3, 0.4) is 0 Å². The molecule has 1 unspecified atom stereocenters. The highest BCUT2D eigenvalue weighted by atomic mass is 16.6. The van der Waals surface area contributed by atoms with Crippen LogP contribution in [0.5, 0.6) is 0 Å². The van der Waals surface area contributed by atoms with E-state index in [1.54, 1.807) is 0 Å². The second-order valence-electron chi connectivity index (χ2n) is 7.63. The van der Waals surface area contributed by atoms with Crippen molar-refractivity contribution in [3.63, 3.8) is 0 Å². The lowest BCUT2D eigenvalue weighted by Gasteiger charge is -2.23. The topological polar surface area (TPSA) is 55.6 Å². The van der Waals surface area contributed by atoms with Crippen LogP contribution in [0, 0.1) is 0 Å². The van der Waals surface area contributed by atoms with Gasteiger partial charge in [-0.15, -0.1) is 0 Å². The van der Waals surface area contributed by atoms with Gasteiger partial charge in [0, 0.05) is 19.6 Å². The normalized spacial score (nSPS) is 15.7. The summed E-state index contributed by atoms with van der Waals surface area (Å²) in [6.07, 6.45) is 0. The standard InChI is InChI=1S/C21H26N2O2/c1-21(2,3)25-20(24)19(22)17-11-7-10-16-13-23(14-18(16)17)12-15-8-5-4-6-9-15/h4-11,19H,12-14,22H2,1-3H3. The molecule has 2 aromatic carbocycles. The molecule has 4 heteroatoms. The predicted molar refractivity (Wildman–Crippen MR) is 98.6 cm³/mol. The second-order valence-corrected chi connectivity index (χ2v) is 7.63. The third kappa shape index (κ3) is 4.27. The Balaban J connectivity index is 1.76. The van der Waals surface area contributed by atoms with E-state index in [0.29, 0.717) is 0 Å². The van der Waals surface area contributed by atoms with E-state index in [1.807, 2.05) is 39.0 Å². The molecule has 0 aromatic heterocycles. The number of carbonyl (C=O) groups is 1. The van der Waals surface area contributed by atoms with Gasteiger partial charge in [0.25, 0.3) is 0 Å². The Morgan fingerprint density at radius 1 is 1.12 bits per heavy atom. The van der Waals surface area contributed by atoms with Gasteiger partial charge < -0.3 is 10.5 Å². The van der Waals surface area contributed by atoms with Gasteiger partial charge in [0.2, 0.25) is 0 Å². The van der Waals surface area contributed by atoms with Crippen molar-refractivity contribution in [2.24, 2.45) is 5.73 Å². The Bertz CT molecular complexity index is 750. The molecular formula is C21H26N2O2. The minimum Gasteiger partial charge on any atom is -0.459 e. The highest BCUT2D eigenvalue weighted by Gasteiger charge is 2.29. The van der Waals surface area contributed by atoms with Crippen molar-refractivity contribution in [3.05, 3.63) is 70.8 Å². The van der Waals surface area contributed by atoms with Gasteiger partial charge in [-0.3, -0.25) is 4.90 Å². The van der Waals surface area contributed by atoms with Crippen molar-refractivity contribution in [1.82, 2.24) is 4.90 Å². The van der Waals surface area contributed by atoms with E-state index in [2.05, 4.69) is 35.2 Å². The number of nitrogens with two attached hydrogens (primary N) is 1. The first-order valence-electron chi connectivity index (χ1n) is 8.69. The van der Waals surface area contributed by atoms with Crippen LogP contribution in [-0.2, 0) is 29.2 Å². The summed E-state index contributed by atoms with van der Waals surface area (Å²) < 4.78 is 5.46. The lowest BCUT2D eigenvalue weighted by molar-refractivity contribution is -0.156. The number of fused-ring (bicyclic) bond motifs is 1. The molecule has 0 radical (unpaired) electrons. The zero-order valence-corrected chi connectivity index (χ0v) is 15.2. The third-order valence-electron chi connectivity index (χ3n) is 4.33. The number of nitrogens with zero attached hydrogens (tertiary/aromatic N) is 1. The van der Waals surface area contributed by atoms with E-state index in [-0.39, 0.29) is 5.97 Å². The summed E-state index contributed by atoms with van der Waals surface area (Å²) in [5.41, 5.74) is 10.3. The average Bonchev–Trinajstić information content (AvgIpc) is 2.95. The van der Waals surface area contributed by atoms with Crippen LogP contribution in [0.4, 0.5) is 0 Å². The van der Waals surface area contributed by atoms with Crippen LogP contribution in [-0.4, -0.2) is 16.5 Å². The predicted octanol–water partition coefficient (Wildman–Crippen LogP) is 3.54. The Morgan fingerprint density at radius 3 is 2.52 bits per heavy atom. The molecule has 1 atom stereocenters. The zero-order chi connectivity index (χ0) is 18.0. The third-order valence-corrected chi connectivity index (χ3v) is 4.33. The van der Waals surface area contributed by atoms with E-state index in [9.17, 15) is 4.79 Å². The van der Waals surface area contributed by atoms with E-state index in [0.717, 1.165) is 30.8 Å². The number of esters is 1. The molecule has 132 valence electrons. The Hall–Kier alpha value is -2.17. The largest absolute Gasteiger partial charge is 0.459 e. The highest BCUT2D eigenvalue weighted by Crippen LogP contribution is 2.30. The Morgan fingerprint density at radius 2 is 1.84 bits per heavy atom. The van der Waals surface area contributed by atoms with Crippen LogP contribution in [0.2, 0.25) is 0 Å². The summed E-state index contributed by atoms with van der Waals surface area (Å²) in [6.45, 7) is 8.13.